The van der Waals surface area contributed by atoms with E-state index in [1.807, 2.05) is 56.3 Å². The van der Waals surface area contributed by atoms with Crippen molar-refractivity contribution in [2.24, 2.45) is 0 Å². The number of hydrogen-bond acceptors (Lipinski definition) is 3. The molecule has 1 aromatic heterocycles. The number of fused-ring (bicyclic) bond motifs is 1. The van der Waals surface area contributed by atoms with E-state index in [-0.39, 0.29) is 0 Å². The summed E-state index contributed by atoms with van der Waals surface area (Å²) in [5, 5.41) is 13.7. The first kappa shape index (κ1) is 13.1. The summed E-state index contributed by atoms with van der Waals surface area (Å²) in [6.45, 7) is 3.95. The van der Waals surface area contributed by atoms with Gasteiger partial charge in [-0.3, -0.25) is 4.98 Å². The molecule has 3 heteroatoms. The molecule has 0 atom stereocenters. The van der Waals surface area contributed by atoms with Crippen molar-refractivity contribution >= 4 is 22.3 Å². The SMILES string of the molecule is Cc1ccc(Nc2cccc3ccc(C)nc23)c(C#N)c1. The number of hydrogen-bond donors (Lipinski definition) is 1. The zero-order valence-electron chi connectivity index (χ0n) is 12.0. The van der Waals surface area contributed by atoms with E-state index in [9.17, 15) is 5.26 Å². The van der Waals surface area contributed by atoms with E-state index in [0.29, 0.717) is 5.56 Å². The Balaban J connectivity index is 2.11. The van der Waals surface area contributed by atoms with Crippen LogP contribution in [-0.4, -0.2) is 4.98 Å². The molecule has 0 saturated carbocycles. The molecule has 3 aromatic rings. The molecule has 21 heavy (non-hydrogen) atoms. The number of nitrogens with zero attached hydrogens (tertiary/aromatic N) is 2. The second-order valence-electron chi connectivity index (χ2n) is 5.12. The second kappa shape index (κ2) is 5.26. The fourth-order valence-electron chi connectivity index (χ4n) is 2.35. The van der Waals surface area contributed by atoms with Crippen molar-refractivity contribution in [1.82, 2.24) is 4.98 Å². The van der Waals surface area contributed by atoms with E-state index in [0.717, 1.165) is 33.5 Å². The molecule has 1 heterocycles. The first-order valence-corrected chi connectivity index (χ1v) is 6.81. The van der Waals surface area contributed by atoms with Gasteiger partial charge in [-0.05, 0) is 43.7 Å². The Kier molecular flexibility index (Phi) is 3.29. The Morgan fingerprint density at radius 3 is 2.67 bits per heavy atom. The zero-order chi connectivity index (χ0) is 14.8. The van der Waals surface area contributed by atoms with Gasteiger partial charge in [0.15, 0.2) is 0 Å². The highest BCUT2D eigenvalue weighted by molar-refractivity contribution is 5.92. The Hall–Kier alpha value is -2.86. The van der Waals surface area contributed by atoms with Crippen LogP contribution in [0.15, 0.2) is 48.5 Å². The van der Waals surface area contributed by atoms with Crippen LogP contribution in [-0.2, 0) is 0 Å². The Morgan fingerprint density at radius 2 is 1.86 bits per heavy atom. The van der Waals surface area contributed by atoms with Gasteiger partial charge in [0.05, 0.1) is 22.5 Å². The maximum absolute atomic E-state index is 9.27. The summed E-state index contributed by atoms with van der Waals surface area (Å²) in [7, 11) is 0. The van der Waals surface area contributed by atoms with Crippen molar-refractivity contribution in [2.75, 3.05) is 5.32 Å². The molecular weight excluding hydrogens is 258 g/mol. The maximum Gasteiger partial charge on any atom is 0.101 e. The normalized spacial score (nSPS) is 10.3. The summed E-state index contributed by atoms with van der Waals surface area (Å²) < 4.78 is 0. The summed E-state index contributed by atoms with van der Waals surface area (Å²) in [4.78, 5) is 4.60. The Bertz CT molecular complexity index is 860. The van der Waals surface area contributed by atoms with Crippen LogP contribution in [0.5, 0.6) is 0 Å². The molecule has 102 valence electrons. The van der Waals surface area contributed by atoms with E-state index in [2.05, 4.69) is 22.4 Å². The molecule has 3 nitrogen and oxygen atoms in total. The van der Waals surface area contributed by atoms with E-state index >= 15 is 0 Å². The van der Waals surface area contributed by atoms with E-state index < -0.39 is 0 Å². The van der Waals surface area contributed by atoms with Crippen molar-refractivity contribution in [3.63, 3.8) is 0 Å². The molecule has 0 spiro atoms. The third-order valence-electron chi connectivity index (χ3n) is 3.42. The quantitative estimate of drug-likeness (QED) is 0.749. The van der Waals surface area contributed by atoms with Crippen LogP contribution in [0.1, 0.15) is 16.8 Å². The van der Waals surface area contributed by atoms with Crippen LogP contribution in [0.4, 0.5) is 11.4 Å². The van der Waals surface area contributed by atoms with Gasteiger partial charge in [0.2, 0.25) is 0 Å². The van der Waals surface area contributed by atoms with Crippen molar-refractivity contribution in [1.29, 1.82) is 5.26 Å². The van der Waals surface area contributed by atoms with Gasteiger partial charge in [-0.25, -0.2) is 0 Å². The van der Waals surface area contributed by atoms with E-state index in [1.165, 1.54) is 0 Å². The number of nitriles is 1. The van der Waals surface area contributed by atoms with Crippen LogP contribution in [0.3, 0.4) is 0 Å². The van der Waals surface area contributed by atoms with E-state index in [4.69, 9.17) is 0 Å². The number of nitrogens with one attached hydrogen (secondary N) is 1. The lowest BCUT2D eigenvalue weighted by Gasteiger charge is -2.11. The summed E-state index contributed by atoms with van der Waals surface area (Å²) in [5.41, 5.74) is 5.32. The first-order valence-electron chi connectivity index (χ1n) is 6.81. The lowest BCUT2D eigenvalue weighted by atomic mass is 10.1. The van der Waals surface area contributed by atoms with Gasteiger partial charge in [-0.2, -0.15) is 5.26 Å². The molecule has 0 amide bonds. The second-order valence-corrected chi connectivity index (χ2v) is 5.12. The molecule has 3 rings (SSSR count). The van der Waals surface area contributed by atoms with Gasteiger partial charge in [0, 0.05) is 11.1 Å². The van der Waals surface area contributed by atoms with Crippen LogP contribution in [0.25, 0.3) is 10.9 Å². The molecule has 0 bridgehead atoms. The fraction of sp³-hybridized carbons (Fsp3) is 0.111. The molecule has 0 radical (unpaired) electrons. The fourth-order valence-corrected chi connectivity index (χ4v) is 2.35. The minimum atomic E-state index is 0.639. The molecule has 0 aliphatic carbocycles. The largest absolute Gasteiger partial charge is 0.353 e. The van der Waals surface area contributed by atoms with Crippen LogP contribution >= 0.6 is 0 Å². The Morgan fingerprint density at radius 1 is 1.00 bits per heavy atom. The summed E-state index contributed by atoms with van der Waals surface area (Å²) in [6.07, 6.45) is 0. The number of aryl methyl sites for hydroxylation is 2. The average Bonchev–Trinajstić information content (AvgIpc) is 2.49. The number of rotatable bonds is 2. The number of aromatic nitrogens is 1. The highest BCUT2D eigenvalue weighted by atomic mass is 14.9. The maximum atomic E-state index is 9.27. The molecule has 1 N–H and O–H groups in total. The minimum Gasteiger partial charge on any atom is -0.353 e. The third kappa shape index (κ3) is 2.56. The third-order valence-corrected chi connectivity index (χ3v) is 3.42. The lowest BCUT2D eigenvalue weighted by Crippen LogP contribution is -1.96. The molecule has 0 aliphatic heterocycles. The monoisotopic (exact) mass is 273 g/mol. The summed E-state index contributed by atoms with van der Waals surface area (Å²) in [6, 6.07) is 18.1. The molecule has 0 unspecified atom stereocenters. The van der Waals surface area contributed by atoms with Gasteiger partial charge < -0.3 is 5.32 Å². The molecule has 0 aliphatic rings. The molecular formula is C18H15N3. The minimum absolute atomic E-state index is 0.639. The lowest BCUT2D eigenvalue weighted by molar-refractivity contribution is 1.25. The zero-order valence-corrected chi connectivity index (χ0v) is 12.0. The number of pyridine rings is 1. The number of anilines is 2. The number of benzene rings is 2. The van der Waals surface area contributed by atoms with Gasteiger partial charge in [-0.15, -0.1) is 0 Å². The highest BCUT2D eigenvalue weighted by Gasteiger charge is 2.06. The Labute approximate surface area is 123 Å². The summed E-state index contributed by atoms with van der Waals surface area (Å²) >= 11 is 0. The van der Waals surface area contributed by atoms with Crippen molar-refractivity contribution in [3.8, 4) is 6.07 Å². The van der Waals surface area contributed by atoms with Gasteiger partial charge >= 0.3 is 0 Å². The van der Waals surface area contributed by atoms with Gasteiger partial charge in [0.25, 0.3) is 0 Å². The predicted octanol–water partition coefficient (Wildman–Crippen LogP) is 4.47. The average molecular weight is 273 g/mol. The summed E-state index contributed by atoms with van der Waals surface area (Å²) in [5.74, 6) is 0. The van der Waals surface area contributed by atoms with Crippen LogP contribution in [0.2, 0.25) is 0 Å². The van der Waals surface area contributed by atoms with Crippen molar-refractivity contribution < 1.29 is 0 Å². The standard InChI is InChI=1S/C18H15N3/c1-12-6-9-16(15(10-12)11-19)21-17-5-3-4-14-8-7-13(2)20-18(14)17/h3-10,21H,1-2H3. The van der Waals surface area contributed by atoms with Crippen LogP contribution in [0, 0.1) is 25.2 Å². The van der Waals surface area contributed by atoms with Crippen molar-refractivity contribution in [2.45, 2.75) is 13.8 Å². The van der Waals surface area contributed by atoms with E-state index in [1.54, 1.807) is 0 Å². The predicted molar refractivity (Wildman–Crippen MR) is 85.7 cm³/mol. The van der Waals surface area contributed by atoms with Gasteiger partial charge in [0.1, 0.15) is 6.07 Å². The smallest absolute Gasteiger partial charge is 0.101 e. The molecule has 0 fully saturated rings. The van der Waals surface area contributed by atoms with Crippen LogP contribution < -0.4 is 5.32 Å². The van der Waals surface area contributed by atoms with Gasteiger partial charge in [-0.1, -0.05) is 24.3 Å². The molecule has 0 saturated heterocycles. The first-order chi connectivity index (χ1) is 10.2. The highest BCUT2D eigenvalue weighted by Crippen LogP contribution is 2.27. The van der Waals surface area contributed by atoms with Crippen molar-refractivity contribution in [3.05, 3.63) is 65.4 Å². The topological polar surface area (TPSA) is 48.7 Å². The number of para-hydroxylation sites is 1. The molecule has 2 aromatic carbocycles.